The van der Waals surface area contributed by atoms with Crippen molar-refractivity contribution >= 4 is 5.82 Å². The third kappa shape index (κ3) is 5.30. The van der Waals surface area contributed by atoms with Gasteiger partial charge in [-0.05, 0) is 24.3 Å². The van der Waals surface area contributed by atoms with Gasteiger partial charge in [-0.2, -0.15) is 5.10 Å². The van der Waals surface area contributed by atoms with Gasteiger partial charge in [-0.25, -0.2) is 0 Å². The number of anilines is 1. The van der Waals surface area contributed by atoms with E-state index in [1.54, 1.807) is 13.3 Å². The van der Waals surface area contributed by atoms with Crippen LogP contribution in [0, 0.1) is 0 Å². The molecule has 1 aliphatic heterocycles. The van der Waals surface area contributed by atoms with Gasteiger partial charge in [0.25, 0.3) is 0 Å². The lowest BCUT2D eigenvalue weighted by atomic mass is 10.2. The van der Waals surface area contributed by atoms with Crippen LogP contribution >= 0.6 is 0 Å². The number of aromatic nitrogens is 2. The highest BCUT2D eigenvalue weighted by molar-refractivity contribution is 5.39. The zero-order valence-corrected chi connectivity index (χ0v) is 14.4. The number of ether oxygens (including phenoxy) is 3. The number of hydrogen-bond donors (Lipinski definition) is 1. The van der Waals surface area contributed by atoms with Crippen molar-refractivity contribution in [3.8, 4) is 11.5 Å². The van der Waals surface area contributed by atoms with Gasteiger partial charge in [-0.3, -0.25) is 4.90 Å². The van der Waals surface area contributed by atoms with Gasteiger partial charge in [0.05, 0.1) is 19.8 Å². The lowest BCUT2D eigenvalue weighted by molar-refractivity contribution is -0.0242. The predicted octanol–water partition coefficient (Wildman–Crippen LogP) is 1.68. The first kappa shape index (κ1) is 17.4. The second-order valence-electron chi connectivity index (χ2n) is 5.78. The van der Waals surface area contributed by atoms with Gasteiger partial charge >= 0.3 is 0 Å². The highest BCUT2D eigenvalue weighted by Crippen LogP contribution is 2.25. The van der Waals surface area contributed by atoms with Gasteiger partial charge in [0.2, 0.25) is 0 Å². The molecule has 0 aliphatic carbocycles. The van der Waals surface area contributed by atoms with Crippen molar-refractivity contribution in [3.05, 3.63) is 42.6 Å². The number of para-hydroxylation sites is 2. The van der Waals surface area contributed by atoms with E-state index in [-0.39, 0.29) is 6.10 Å². The number of hydrogen-bond acceptors (Lipinski definition) is 7. The first-order chi connectivity index (χ1) is 12.3. The van der Waals surface area contributed by atoms with Crippen molar-refractivity contribution in [1.29, 1.82) is 0 Å². The van der Waals surface area contributed by atoms with Crippen molar-refractivity contribution in [2.45, 2.75) is 6.10 Å². The molecule has 134 valence electrons. The monoisotopic (exact) mass is 344 g/mol. The van der Waals surface area contributed by atoms with E-state index in [0.717, 1.165) is 43.6 Å². The second-order valence-corrected chi connectivity index (χ2v) is 5.78. The van der Waals surface area contributed by atoms with Crippen molar-refractivity contribution < 1.29 is 14.2 Å². The first-order valence-corrected chi connectivity index (χ1v) is 8.46. The Kier molecular flexibility index (Phi) is 6.42. The molecule has 1 aromatic heterocycles. The molecule has 1 atom stereocenters. The van der Waals surface area contributed by atoms with Gasteiger partial charge in [0.15, 0.2) is 11.5 Å². The number of methoxy groups -OCH3 is 1. The Morgan fingerprint density at radius 2 is 2.12 bits per heavy atom. The fourth-order valence-corrected chi connectivity index (χ4v) is 2.74. The summed E-state index contributed by atoms with van der Waals surface area (Å²) in [6, 6.07) is 11.5. The SMILES string of the molecule is COc1ccccc1OCCN1CCO[C@@H](CNc2cccnn2)C1. The van der Waals surface area contributed by atoms with Crippen LogP contribution in [0.3, 0.4) is 0 Å². The number of benzene rings is 1. The largest absolute Gasteiger partial charge is 0.493 e. The van der Waals surface area contributed by atoms with Crippen molar-refractivity contribution in [3.63, 3.8) is 0 Å². The fraction of sp³-hybridized carbons (Fsp3) is 0.444. The Balaban J connectivity index is 1.41. The van der Waals surface area contributed by atoms with Crippen molar-refractivity contribution in [2.24, 2.45) is 0 Å². The summed E-state index contributed by atoms with van der Waals surface area (Å²) in [6.45, 7) is 4.68. The van der Waals surface area contributed by atoms with E-state index in [2.05, 4.69) is 20.4 Å². The van der Waals surface area contributed by atoms with Crippen LogP contribution in [-0.2, 0) is 4.74 Å². The molecular weight excluding hydrogens is 320 g/mol. The topological polar surface area (TPSA) is 68.7 Å². The summed E-state index contributed by atoms with van der Waals surface area (Å²) in [6.07, 6.45) is 1.79. The molecule has 1 fully saturated rings. The van der Waals surface area contributed by atoms with Crippen LogP contribution in [0.4, 0.5) is 5.82 Å². The second kappa shape index (κ2) is 9.19. The normalized spacial score (nSPS) is 17.9. The third-order valence-electron chi connectivity index (χ3n) is 4.04. The van der Waals surface area contributed by atoms with E-state index >= 15 is 0 Å². The molecule has 2 aromatic rings. The van der Waals surface area contributed by atoms with Gasteiger partial charge in [-0.15, -0.1) is 5.10 Å². The van der Waals surface area contributed by atoms with Gasteiger partial charge in [0.1, 0.15) is 12.4 Å². The van der Waals surface area contributed by atoms with E-state index in [1.165, 1.54) is 0 Å². The highest BCUT2D eigenvalue weighted by Gasteiger charge is 2.20. The van der Waals surface area contributed by atoms with E-state index < -0.39 is 0 Å². The lowest BCUT2D eigenvalue weighted by Crippen LogP contribution is -2.46. The maximum atomic E-state index is 5.85. The molecule has 7 heteroatoms. The Morgan fingerprint density at radius 3 is 2.92 bits per heavy atom. The molecule has 1 aliphatic rings. The summed E-state index contributed by atoms with van der Waals surface area (Å²) in [5.41, 5.74) is 0. The predicted molar refractivity (Wildman–Crippen MR) is 95.2 cm³/mol. The average Bonchev–Trinajstić information content (AvgIpc) is 2.68. The van der Waals surface area contributed by atoms with Crippen LogP contribution < -0.4 is 14.8 Å². The zero-order chi connectivity index (χ0) is 17.3. The lowest BCUT2D eigenvalue weighted by Gasteiger charge is -2.32. The minimum absolute atomic E-state index is 0.127. The maximum absolute atomic E-state index is 5.85. The summed E-state index contributed by atoms with van der Waals surface area (Å²) in [7, 11) is 1.65. The van der Waals surface area contributed by atoms with Crippen molar-refractivity contribution in [2.75, 3.05) is 51.8 Å². The van der Waals surface area contributed by atoms with Crippen molar-refractivity contribution in [1.82, 2.24) is 15.1 Å². The van der Waals surface area contributed by atoms with Crippen LogP contribution in [0.5, 0.6) is 11.5 Å². The molecule has 1 saturated heterocycles. The van der Waals surface area contributed by atoms with Gasteiger partial charge < -0.3 is 19.5 Å². The Labute approximate surface area is 147 Å². The number of nitrogens with one attached hydrogen (secondary N) is 1. The minimum Gasteiger partial charge on any atom is -0.493 e. The highest BCUT2D eigenvalue weighted by atomic mass is 16.5. The van der Waals surface area contributed by atoms with Crippen LogP contribution in [0.15, 0.2) is 42.6 Å². The molecule has 0 saturated carbocycles. The van der Waals surface area contributed by atoms with Crippen LogP contribution in [0.25, 0.3) is 0 Å². The molecule has 0 spiro atoms. The molecule has 7 nitrogen and oxygen atoms in total. The molecule has 3 rings (SSSR count). The standard InChI is InChI=1S/C18H24N4O3/c1-23-16-5-2-3-6-17(16)25-12-10-22-9-11-24-15(14-22)13-19-18-7-4-8-20-21-18/h2-8,15H,9-14H2,1H3,(H,19,21)/t15-/m0/s1. The Hall–Kier alpha value is -2.38. The minimum atomic E-state index is 0.127. The third-order valence-corrected chi connectivity index (χ3v) is 4.04. The first-order valence-electron chi connectivity index (χ1n) is 8.46. The maximum Gasteiger partial charge on any atom is 0.161 e. The zero-order valence-electron chi connectivity index (χ0n) is 14.4. The Bertz CT molecular complexity index is 641. The molecule has 2 heterocycles. The quantitative estimate of drug-likeness (QED) is 0.781. The van der Waals surface area contributed by atoms with E-state index in [4.69, 9.17) is 14.2 Å². The van der Waals surface area contributed by atoms with E-state index in [0.29, 0.717) is 13.2 Å². The van der Waals surface area contributed by atoms with E-state index in [9.17, 15) is 0 Å². The summed E-state index contributed by atoms with van der Waals surface area (Å²) in [5, 5.41) is 11.1. The molecule has 25 heavy (non-hydrogen) atoms. The van der Waals surface area contributed by atoms with Crippen LogP contribution in [0.2, 0.25) is 0 Å². The number of morpholine rings is 1. The molecule has 1 aromatic carbocycles. The number of rotatable bonds is 8. The summed E-state index contributed by atoms with van der Waals surface area (Å²) in [5.74, 6) is 2.30. The summed E-state index contributed by atoms with van der Waals surface area (Å²) >= 11 is 0. The molecule has 0 radical (unpaired) electrons. The summed E-state index contributed by atoms with van der Waals surface area (Å²) in [4.78, 5) is 2.35. The summed E-state index contributed by atoms with van der Waals surface area (Å²) < 4.78 is 17.0. The average molecular weight is 344 g/mol. The van der Waals surface area contributed by atoms with Gasteiger partial charge in [-0.1, -0.05) is 12.1 Å². The molecule has 0 bridgehead atoms. The molecular formula is C18H24N4O3. The van der Waals surface area contributed by atoms with Gasteiger partial charge in [0, 0.05) is 32.4 Å². The Morgan fingerprint density at radius 1 is 1.24 bits per heavy atom. The van der Waals surface area contributed by atoms with Crippen LogP contribution in [-0.4, -0.2) is 67.7 Å². The fourth-order valence-electron chi connectivity index (χ4n) is 2.74. The van der Waals surface area contributed by atoms with Crippen LogP contribution in [0.1, 0.15) is 0 Å². The molecule has 0 amide bonds. The molecule has 0 unspecified atom stereocenters. The smallest absolute Gasteiger partial charge is 0.161 e. The molecule has 1 N–H and O–H groups in total. The van der Waals surface area contributed by atoms with E-state index in [1.807, 2.05) is 36.4 Å². The number of nitrogens with zero attached hydrogens (tertiary/aromatic N) is 3.